The molecule has 1 fully saturated rings. The van der Waals surface area contributed by atoms with Gasteiger partial charge in [-0.3, -0.25) is 9.69 Å². The number of aliphatic hydroxyl groups excluding tert-OH is 1. The predicted octanol–water partition coefficient (Wildman–Crippen LogP) is 2.75. The number of aromatic nitrogens is 2. The quantitative estimate of drug-likeness (QED) is 0.667. The van der Waals surface area contributed by atoms with E-state index < -0.39 is 12.3 Å². The van der Waals surface area contributed by atoms with Crippen molar-refractivity contribution < 1.29 is 9.50 Å². The summed E-state index contributed by atoms with van der Waals surface area (Å²) in [4.78, 5) is 17.2. The molecule has 0 spiro atoms. The highest BCUT2D eigenvalue weighted by Gasteiger charge is 2.21. The highest BCUT2D eigenvalue weighted by molar-refractivity contribution is 5.84. The van der Waals surface area contributed by atoms with Crippen molar-refractivity contribution in [1.29, 1.82) is 0 Å². The zero-order valence-electron chi connectivity index (χ0n) is 18.2. The number of aliphatic hydroxyl groups is 1. The van der Waals surface area contributed by atoms with E-state index in [0.29, 0.717) is 24.9 Å². The summed E-state index contributed by atoms with van der Waals surface area (Å²) in [5, 5.41) is 16.3. The Hall–Kier alpha value is -2.77. The van der Waals surface area contributed by atoms with E-state index >= 15 is 0 Å². The monoisotopic (exact) mass is 436 g/mol. The topological polar surface area (TPSA) is 61.6 Å². The number of hydrogen-bond acceptors (Lipinski definition) is 5. The van der Waals surface area contributed by atoms with E-state index in [2.05, 4.69) is 28.2 Å². The van der Waals surface area contributed by atoms with E-state index in [4.69, 9.17) is 0 Å². The van der Waals surface area contributed by atoms with Crippen LogP contribution in [0.5, 0.6) is 0 Å². The van der Waals surface area contributed by atoms with Crippen molar-refractivity contribution >= 4 is 16.5 Å². The maximum absolute atomic E-state index is 13.8. The van der Waals surface area contributed by atoms with Crippen molar-refractivity contribution in [2.75, 3.05) is 31.1 Å². The SMILES string of the molecule is O=c1c2ccc(N3CCCC(F)C3)cc2cnn1C[C@H](O)CN1CCc2ccccc2C1. The number of halogens is 1. The average molecular weight is 437 g/mol. The number of anilines is 1. The first-order valence-corrected chi connectivity index (χ1v) is 11.4. The van der Waals surface area contributed by atoms with Gasteiger partial charge in [0, 0.05) is 43.8 Å². The maximum Gasteiger partial charge on any atom is 0.274 e. The first-order valence-electron chi connectivity index (χ1n) is 11.4. The van der Waals surface area contributed by atoms with Gasteiger partial charge in [-0.15, -0.1) is 0 Å². The lowest BCUT2D eigenvalue weighted by atomic mass is 10.00. The zero-order valence-corrected chi connectivity index (χ0v) is 18.2. The van der Waals surface area contributed by atoms with Gasteiger partial charge >= 0.3 is 0 Å². The van der Waals surface area contributed by atoms with Crippen LogP contribution in [-0.2, 0) is 19.5 Å². The molecule has 1 unspecified atom stereocenters. The van der Waals surface area contributed by atoms with Crippen LogP contribution in [0.15, 0.2) is 53.5 Å². The molecule has 7 heteroatoms. The largest absolute Gasteiger partial charge is 0.390 e. The molecular formula is C25H29FN4O2. The van der Waals surface area contributed by atoms with Crippen LogP contribution in [0.3, 0.4) is 0 Å². The Kier molecular flexibility index (Phi) is 5.93. The Morgan fingerprint density at radius 1 is 1.12 bits per heavy atom. The number of piperidine rings is 1. The molecule has 32 heavy (non-hydrogen) atoms. The molecule has 0 amide bonds. The minimum atomic E-state index is -0.805. The van der Waals surface area contributed by atoms with Gasteiger partial charge in [0.2, 0.25) is 0 Å². The maximum atomic E-state index is 13.8. The second kappa shape index (κ2) is 9.00. The summed E-state index contributed by atoms with van der Waals surface area (Å²) in [7, 11) is 0. The van der Waals surface area contributed by atoms with Crippen molar-refractivity contribution in [3.63, 3.8) is 0 Å². The third-order valence-electron chi connectivity index (χ3n) is 6.63. The second-order valence-corrected chi connectivity index (χ2v) is 9.00. The van der Waals surface area contributed by atoms with Gasteiger partial charge < -0.3 is 10.0 Å². The van der Waals surface area contributed by atoms with Gasteiger partial charge in [0.05, 0.1) is 24.2 Å². The summed E-state index contributed by atoms with van der Waals surface area (Å²) in [5.41, 5.74) is 3.38. The van der Waals surface area contributed by atoms with Gasteiger partial charge in [0.15, 0.2) is 0 Å². The molecule has 2 atom stereocenters. The molecule has 6 nitrogen and oxygen atoms in total. The lowest BCUT2D eigenvalue weighted by Crippen LogP contribution is -2.40. The molecule has 0 saturated carbocycles. The molecule has 1 saturated heterocycles. The molecule has 2 aromatic carbocycles. The first kappa shape index (κ1) is 21.1. The van der Waals surface area contributed by atoms with Gasteiger partial charge in [-0.05, 0) is 48.6 Å². The van der Waals surface area contributed by atoms with E-state index in [-0.39, 0.29) is 12.1 Å². The fourth-order valence-electron chi connectivity index (χ4n) is 4.93. The van der Waals surface area contributed by atoms with Crippen molar-refractivity contribution in [3.8, 4) is 0 Å². The Balaban J connectivity index is 1.27. The lowest BCUT2D eigenvalue weighted by molar-refractivity contribution is 0.0878. The molecular weight excluding hydrogens is 407 g/mol. The standard InChI is InChI=1S/C25H29FN4O2/c26-21-6-3-10-29(15-21)22-7-8-24-20(12-22)13-27-30(25(24)32)17-23(31)16-28-11-9-18-4-1-2-5-19(18)14-28/h1-2,4-5,7-8,12-13,21,23,31H,3,6,9-11,14-17H2/t21?,23-/m1/s1. The van der Waals surface area contributed by atoms with E-state index in [1.165, 1.54) is 15.8 Å². The van der Waals surface area contributed by atoms with Crippen LogP contribution < -0.4 is 10.5 Å². The van der Waals surface area contributed by atoms with E-state index in [9.17, 15) is 14.3 Å². The Morgan fingerprint density at radius 3 is 2.81 bits per heavy atom. The third kappa shape index (κ3) is 4.40. The summed E-state index contributed by atoms with van der Waals surface area (Å²) in [6, 6.07) is 14.0. The van der Waals surface area contributed by atoms with Crippen molar-refractivity contribution in [3.05, 3.63) is 70.1 Å². The first-order chi connectivity index (χ1) is 15.6. The fourth-order valence-corrected chi connectivity index (χ4v) is 4.93. The zero-order chi connectivity index (χ0) is 22.1. The average Bonchev–Trinajstić information content (AvgIpc) is 2.80. The van der Waals surface area contributed by atoms with Crippen molar-refractivity contribution in [2.24, 2.45) is 0 Å². The van der Waals surface area contributed by atoms with E-state index in [1.54, 1.807) is 12.3 Å². The van der Waals surface area contributed by atoms with Crippen LogP contribution in [-0.4, -0.2) is 58.2 Å². The van der Waals surface area contributed by atoms with Crippen LogP contribution in [0.1, 0.15) is 24.0 Å². The van der Waals surface area contributed by atoms with Crippen molar-refractivity contribution in [1.82, 2.24) is 14.7 Å². The van der Waals surface area contributed by atoms with Gasteiger partial charge in [-0.2, -0.15) is 5.10 Å². The Labute approximate surface area is 186 Å². The number of alkyl halides is 1. The summed E-state index contributed by atoms with van der Waals surface area (Å²) in [5.74, 6) is 0. The second-order valence-electron chi connectivity index (χ2n) is 9.00. The fraction of sp³-hybridized carbons (Fsp3) is 0.440. The van der Waals surface area contributed by atoms with Crippen molar-refractivity contribution in [2.45, 2.75) is 44.6 Å². The minimum Gasteiger partial charge on any atom is -0.390 e. The van der Waals surface area contributed by atoms with Crippen LogP contribution in [0, 0.1) is 0 Å². The number of rotatable bonds is 5. The number of hydrogen-bond donors (Lipinski definition) is 1. The number of fused-ring (bicyclic) bond motifs is 2. The molecule has 2 aliphatic rings. The highest BCUT2D eigenvalue weighted by Crippen LogP contribution is 2.24. The third-order valence-corrected chi connectivity index (χ3v) is 6.63. The molecule has 5 rings (SSSR count). The number of β-amino-alcohol motifs (C(OH)–C–C–N with tert-alkyl or cyclic N) is 1. The number of benzene rings is 2. The van der Waals surface area contributed by atoms with E-state index in [0.717, 1.165) is 43.5 Å². The molecule has 3 aromatic rings. The van der Waals surface area contributed by atoms with Crippen LogP contribution in [0.25, 0.3) is 10.8 Å². The summed E-state index contributed by atoms with van der Waals surface area (Å²) in [6.07, 6.45) is 2.60. The van der Waals surface area contributed by atoms with Gasteiger partial charge in [0.1, 0.15) is 6.17 Å². The Bertz CT molecular complexity index is 1160. The highest BCUT2D eigenvalue weighted by atomic mass is 19.1. The molecule has 1 N–H and O–H groups in total. The number of nitrogens with zero attached hydrogens (tertiary/aromatic N) is 4. The van der Waals surface area contributed by atoms with Gasteiger partial charge in [0.25, 0.3) is 5.56 Å². The van der Waals surface area contributed by atoms with Crippen LogP contribution >= 0.6 is 0 Å². The normalized spacial score (nSPS) is 20.3. The predicted molar refractivity (Wildman–Crippen MR) is 124 cm³/mol. The molecule has 168 valence electrons. The molecule has 2 aliphatic heterocycles. The minimum absolute atomic E-state index is 0.157. The smallest absolute Gasteiger partial charge is 0.274 e. The van der Waals surface area contributed by atoms with Crippen LogP contribution in [0.4, 0.5) is 10.1 Å². The lowest BCUT2D eigenvalue weighted by Gasteiger charge is -2.31. The summed E-state index contributed by atoms with van der Waals surface area (Å²) >= 11 is 0. The molecule has 0 bridgehead atoms. The molecule has 0 aliphatic carbocycles. The molecule has 1 aromatic heterocycles. The van der Waals surface area contributed by atoms with E-state index in [1.807, 2.05) is 23.1 Å². The summed E-state index contributed by atoms with van der Waals surface area (Å²) in [6.45, 7) is 3.58. The molecule has 3 heterocycles. The van der Waals surface area contributed by atoms with Crippen LogP contribution in [0.2, 0.25) is 0 Å². The molecule has 0 radical (unpaired) electrons. The summed E-state index contributed by atoms with van der Waals surface area (Å²) < 4.78 is 15.1. The van der Waals surface area contributed by atoms with Gasteiger partial charge in [-0.25, -0.2) is 9.07 Å². The Morgan fingerprint density at radius 2 is 1.97 bits per heavy atom. The van der Waals surface area contributed by atoms with Gasteiger partial charge in [-0.1, -0.05) is 24.3 Å².